The number of anilines is 2. The molecule has 3 N–H and O–H groups in total. The van der Waals surface area contributed by atoms with Crippen molar-refractivity contribution in [1.29, 1.82) is 0 Å². The maximum Gasteiger partial charge on any atom is 0.225 e. The zero-order chi connectivity index (χ0) is 25.2. The first-order valence-electron chi connectivity index (χ1n) is 11.7. The van der Waals surface area contributed by atoms with E-state index in [1.54, 1.807) is 0 Å². The molecule has 0 amide bonds. The van der Waals surface area contributed by atoms with Gasteiger partial charge in [0.2, 0.25) is 11.9 Å². The molecule has 2 fully saturated rings. The molecule has 9 nitrogen and oxygen atoms in total. The maximum absolute atomic E-state index is 14.3. The Morgan fingerprint density at radius 3 is 2.61 bits per heavy atom. The fourth-order valence-electron chi connectivity index (χ4n) is 4.60. The Hall–Kier alpha value is -3.15. The Balaban J connectivity index is 1.22. The van der Waals surface area contributed by atoms with Gasteiger partial charge in [-0.15, -0.1) is 0 Å². The third-order valence-corrected chi connectivity index (χ3v) is 6.79. The largest absolute Gasteiger partial charge is 0.484 e. The summed E-state index contributed by atoms with van der Waals surface area (Å²) in [5.41, 5.74) is 7.00. The van der Waals surface area contributed by atoms with Crippen molar-refractivity contribution in [3.05, 3.63) is 64.7 Å². The molecular formula is C24H26ClF2N7O2. The number of β-amino-alcohol motifs (C(OH)–C–C–N with tert-alkyl or cyclic N) is 1. The minimum Gasteiger partial charge on any atom is -0.484 e. The molecule has 190 valence electrons. The smallest absolute Gasteiger partial charge is 0.225 e. The van der Waals surface area contributed by atoms with Crippen LogP contribution in [0, 0.1) is 11.6 Å². The highest BCUT2D eigenvalue weighted by atomic mass is 35.5. The zero-order valence-electron chi connectivity index (χ0n) is 19.4. The number of piperidine rings is 1. The lowest BCUT2D eigenvalue weighted by molar-refractivity contribution is 0.153. The van der Waals surface area contributed by atoms with Crippen LogP contribution in [0.2, 0.25) is 5.02 Å². The molecule has 1 aromatic carbocycles. The van der Waals surface area contributed by atoms with Crippen LogP contribution in [-0.2, 0) is 6.61 Å². The monoisotopic (exact) mass is 517 g/mol. The van der Waals surface area contributed by atoms with Crippen molar-refractivity contribution < 1.29 is 18.6 Å². The van der Waals surface area contributed by atoms with Gasteiger partial charge >= 0.3 is 0 Å². The second kappa shape index (κ2) is 10.5. The predicted octanol–water partition coefficient (Wildman–Crippen LogP) is 2.67. The van der Waals surface area contributed by atoms with E-state index in [-0.39, 0.29) is 18.1 Å². The zero-order valence-corrected chi connectivity index (χ0v) is 20.2. The molecule has 0 aliphatic carbocycles. The molecule has 0 saturated carbocycles. The fourth-order valence-corrected chi connectivity index (χ4v) is 4.75. The maximum atomic E-state index is 14.3. The number of nitrogens with two attached hydrogens (primary N) is 1. The van der Waals surface area contributed by atoms with Gasteiger partial charge in [0.05, 0.1) is 29.7 Å². The van der Waals surface area contributed by atoms with Crippen LogP contribution in [0.3, 0.4) is 0 Å². The van der Waals surface area contributed by atoms with Gasteiger partial charge in [-0.3, -0.25) is 0 Å². The summed E-state index contributed by atoms with van der Waals surface area (Å²) in [6.45, 7) is 2.10. The van der Waals surface area contributed by atoms with E-state index < -0.39 is 23.8 Å². The number of aliphatic hydroxyl groups is 1. The van der Waals surface area contributed by atoms with Crippen LogP contribution in [0.4, 0.5) is 20.7 Å². The Bertz CT molecular complexity index is 1220. The SMILES string of the molecule is NC1CN(c2ncc(OCc3nc(N4CCCC(O)C4)ncc3Cl)cn2)CC1c1cc(F)ccc1F. The van der Waals surface area contributed by atoms with E-state index in [1.807, 2.05) is 9.80 Å². The summed E-state index contributed by atoms with van der Waals surface area (Å²) < 4.78 is 33.7. The van der Waals surface area contributed by atoms with Crippen molar-refractivity contribution in [3.63, 3.8) is 0 Å². The molecule has 2 aliphatic rings. The highest BCUT2D eigenvalue weighted by Gasteiger charge is 2.34. The lowest BCUT2D eigenvalue weighted by Crippen LogP contribution is -2.39. The highest BCUT2D eigenvalue weighted by Crippen LogP contribution is 2.31. The Labute approximate surface area is 211 Å². The molecule has 3 unspecified atom stereocenters. The van der Waals surface area contributed by atoms with Gasteiger partial charge in [0, 0.05) is 38.1 Å². The minimum absolute atomic E-state index is 0.0863. The van der Waals surface area contributed by atoms with Crippen LogP contribution < -0.4 is 20.3 Å². The number of nitrogens with zero attached hydrogens (tertiary/aromatic N) is 6. The summed E-state index contributed by atoms with van der Waals surface area (Å²) >= 11 is 6.27. The normalized spacial score (nSPS) is 22.2. The number of hydrogen-bond donors (Lipinski definition) is 2. The summed E-state index contributed by atoms with van der Waals surface area (Å²) in [4.78, 5) is 21.3. The molecule has 3 atom stereocenters. The van der Waals surface area contributed by atoms with Crippen LogP contribution >= 0.6 is 11.6 Å². The molecule has 36 heavy (non-hydrogen) atoms. The minimum atomic E-state index is -0.501. The first-order chi connectivity index (χ1) is 17.4. The van der Waals surface area contributed by atoms with Crippen LogP contribution in [0.15, 0.2) is 36.8 Å². The van der Waals surface area contributed by atoms with Crippen LogP contribution in [0.25, 0.3) is 0 Å². The van der Waals surface area contributed by atoms with Gasteiger partial charge in [-0.05, 0) is 36.6 Å². The number of ether oxygens (including phenoxy) is 1. The van der Waals surface area contributed by atoms with Crippen LogP contribution in [-0.4, -0.2) is 63.4 Å². The number of aliphatic hydroxyl groups excluding tert-OH is 1. The summed E-state index contributed by atoms with van der Waals surface area (Å²) in [7, 11) is 0. The second-order valence-electron chi connectivity index (χ2n) is 9.06. The van der Waals surface area contributed by atoms with Crippen molar-refractivity contribution in [2.24, 2.45) is 5.73 Å². The van der Waals surface area contributed by atoms with Crippen LogP contribution in [0.1, 0.15) is 30.0 Å². The average Bonchev–Trinajstić information content (AvgIpc) is 3.26. The quantitative estimate of drug-likeness (QED) is 0.509. The fraction of sp³-hybridized carbons (Fsp3) is 0.417. The molecule has 5 rings (SSSR count). The summed E-state index contributed by atoms with van der Waals surface area (Å²) in [6, 6.07) is 3.01. The first kappa shape index (κ1) is 24.5. The van der Waals surface area contributed by atoms with Gasteiger partial charge < -0.3 is 25.4 Å². The Kier molecular flexibility index (Phi) is 7.13. The average molecular weight is 518 g/mol. The van der Waals surface area contributed by atoms with E-state index in [9.17, 15) is 13.9 Å². The van der Waals surface area contributed by atoms with Crippen molar-refractivity contribution >= 4 is 23.5 Å². The lowest BCUT2D eigenvalue weighted by Gasteiger charge is -2.30. The molecular weight excluding hydrogens is 492 g/mol. The first-order valence-corrected chi connectivity index (χ1v) is 12.1. The summed E-state index contributed by atoms with van der Waals surface area (Å²) in [5.74, 6) is -0.0262. The van der Waals surface area contributed by atoms with E-state index in [0.717, 1.165) is 31.5 Å². The van der Waals surface area contributed by atoms with E-state index in [0.29, 0.717) is 48.0 Å². The second-order valence-corrected chi connectivity index (χ2v) is 9.46. The molecule has 3 aromatic rings. The lowest BCUT2D eigenvalue weighted by atomic mass is 9.94. The number of hydrogen-bond acceptors (Lipinski definition) is 9. The van der Waals surface area contributed by atoms with Gasteiger partial charge in [-0.2, -0.15) is 0 Å². The molecule has 2 saturated heterocycles. The van der Waals surface area contributed by atoms with Crippen molar-refractivity contribution in [2.45, 2.75) is 37.5 Å². The summed E-state index contributed by atoms with van der Waals surface area (Å²) in [5, 5.41) is 10.3. The molecule has 2 aliphatic heterocycles. The van der Waals surface area contributed by atoms with Crippen molar-refractivity contribution in [2.75, 3.05) is 36.0 Å². The van der Waals surface area contributed by atoms with Crippen LogP contribution in [0.5, 0.6) is 5.75 Å². The Morgan fingerprint density at radius 1 is 1.06 bits per heavy atom. The van der Waals surface area contributed by atoms with E-state index in [4.69, 9.17) is 22.1 Å². The third kappa shape index (κ3) is 5.32. The van der Waals surface area contributed by atoms with E-state index in [1.165, 1.54) is 24.7 Å². The third-order valence-electron chi connectivity index (χ3n) is 6.48. The highest BCUT2D eigenvalue weighted by molar-refractivity contribution is 6.31. The van der Waals surface area contributed by atoms with Gasteiger partial charge in [-0.1, -0.05) is 11.6 Å². The molecule has 12 heteroatoms. The number of benzene rings is 1. The summed E-state index contributed by atoms with van der Waals surface area (Å²) in [6.07, 6.45) is 5.81. The van der Waals surface area contributed by atoms with E-state index >= 15 is 0 Å². The topological polar surface area (TPSA) is 114 Å². The Morgan fingerprint density at radius 2 is 1.83 bits per heavy atom. The van der Waals surface area contributed by atoms with E-state index in [2.05, 4.69) is 19.9 Å². The van der Waals surface area contributed by atoms with Gasteiger partial charge in [0.15, 0.2) is 5.75 Å². The van der Waals surface area contributed by atoms with Crippen molar-refractivity contribution in [1.82, 2.24) is 19.9 Å². The van der Waals surface area contributed by atoms with Gasteiger partial charge in [0.25, 0.3) is 0 Å². The molecule has 4 heterocycles. The van der Waals surface area contributed by atoms with Gasteiger partial charge in [0.1, 0.15) is 23.9 Å². The number of halogens is 3. The number of aromatic nitrogens is 4. The molecule has 2 aromatic heterocycles. The van der Waals surface area contributed by atoms with Gasteiger partial charge in [-0.25, -0.2) is 28.7 Å². The standard InChI is InChI=1S/C24H26ClF2N7O2/c25-19-9-31-24(33-5-1-2-15(35)10-33)32-22(19)13-36-16-7-29-23(30-8-16)34-11-18(21(28)12-34)17-6-14(26)3-4-20(17)27/h3-4,6-9,15,18,21,35H,1-2,5,10-13,28H2. The molecule has 0 radical (unpaired) electrons. The molecule has 0 spiro atoms. The van der Waals surface area contributed by atoms with Crippen molar-refractivity contribution in [3.8, 4) is 5.75 Å². The predicted molar refractivity (Wildman–Crippen MR) is 130 cm³/mol. The number of rotatable bonds is 6. The molecule has 0 bridgehead atoms.